The van der Waals surface area contributed by atoms with Crippen LogP contribution < -0.4 is 11.1 Å². The van der Waals surface area contributed by atoms with E-state index in [1.165, 1.54) is 11.8 Å². The van der Waals surface area contributed by atoms with Gasteiger partial charge < -0.3 is 16.2 Å². The summed E-state index contributed by atoms with van der Waals surface area (Å²) in [5.74, 6) is -0.113. The van der Waals surface area contributed by atoms with Gasteiger partial charge in [0.2, 0.25) is 0 Å². The molecule has 0 aromatic carbocycles. The topological polar surface area (TPSA) is 108 Å². The number of primary amides is 1. The number of hydrazone groups is 1. The van der Waals surface area contributed by atoms with Crippen molar-refractivity contribution in [3.63, 3.8) is 0 Å². The highest BCUT2D eigenvalue weighted by molar-refractivity contribution is 8.16. The number of nitrogens with two attached hydrogens (primary N) is 1. The number of carbonyl (C=O) groups excluding carboxylic acids is 1. The minimum absolute atomic E-state index is 0.213. The van der Waals surface area contributed by atoms with Crippen LogP contribution >= 0.6 is 11.8 Å². The van der Waals surface area contributed by atoms with Crippen molar-refractivity contribution >= 4 is 28.7 Å². The maximum absolute atomic E-state index is 11.6. The van der Waals surface area contributed by atoms with Crippen LogP contribution in [-0.2, 0) is 9.59 Å². The van der Waals surface area contributed by atoms with Gasteiger partial charge in [-0.2, -0.15) is 5.10 Å². The highest BCUT2D eigenvalue weighted by Crippen LogP contribution is 2.41. The lowest BCUT2D eigenvalue weighted by molar-refractivity contribution is -0.137. The van der Waals surface area contributed by atoms with E-state index in [1.807, 2.05) is 0 Å². The van der Waals surface area contributed by atoms with E-state index in [0.29, 0.717) is 22.9 Å². The van der Waals surface area contributed by atoms with Crippen LogP contribution in [0.2, 0.25) is 0 Å². The van der Waals surface area contributed by atoms with Gasteiger partial charge in [0.1, 0.15) is 5.37 Å². The van der Waals surface area contributed by atoms with Gasteiger partial charge >= 0.3 is 5.97 Å². The Kier molecular flexibility index (Phi) is 6.22. The van der Waals surface area contributed by atoms with Gasteiger partial charge in [-0.15, -0.1) is 0 Å². The Morgan fingerprint density at radius 3 is 2.48 bits per heavy atom. The van der Waals surface area contributed by atoms with E-state index in [0.717, 1.165) is 58.0 Å². The minimum Gasteiger partial charge on any atom is -0.481 e. The third-order valence-corrected chi connectivity index (χ3v) is 7.00. The number of nitrogens with zero attached hydrogens (tertiary/aromatic N) is 2. The summed E-state index contributed by atoms with van der Waals surface area (Å²) in [5, 5.41) is 19.6. The number of piperidine rings is 1. The summed E-state index contributed by atoms with van der Waals surface area (Å²) >= 11 is 1.54. The van der Waals surface area contributed by atoms with Gasteiger partial charge in [0.15, 0.2) is 5.04 Å². The summed E-state index contributed by atoms with van der Waals surface area (Å²) in [4.78, 5) is 22.4. The highest BCUT2D eigenvalue weighted by Gasteiger charge is 2.40. The van der Waals surface area contributed by atoms with E-state index in [9.17, 15) is 9.59 Å². The molecule has 1 unspecified atom stereocenters. The molecule has 7 nitrogen and oxygen atoms in total. The summed E-state index contributed by atoms with van der Waals surface area (Å²) in [6.45, 7) is 2.03. The number of hydrogen-bond acceptors (Lipinski definition) is 6. The lowest BCUT2D eigenvalue weighted by Crippen LogP contribution is -2.44. The summed E-state index contributed by atoms with van der Waals surface area (Å²) in [5.41, 5.74) is 5.49. The van der Waals surface area contributed by atoms with Crippen molar-refractivity contribution in [1.82, 2.24) is 10.3 Å². The molecule has 1 amide bonds. The van der Waals surface area contributed by atoms with Crippen molar-refractivity contribution in [2.75, 3.05) is 13.1 Å². The molecule has 2 heterocycles. The van der Waals surface area contributed by atoms with Gasteiger partial charge in [0.05, 0.1) is 0 Å². The first-order valence-corrected chi connectivity index (χ1v) is 10.2. The van der Waals surface area contributed by atoms with Gasteiger partial charge in [-0.1, -0.05) is 11.8 Å². The third kappa shape index (κ3) is 4.67. The van der Waals surface area contributed by atoms with Crippen molar-refractivity contribution in [1.29, 1.82) is 0 Å². The molecule has 1 atom stereocenters. The fourth-order valence-electron chi connectivity index (χ4n) is 4.22. The number of carboxylic acid groups (broad SMARTS) is 1. The Labute approximate surface area is 152 Å². The van der Waals surface area contributed by atoms with E-state index >= 15 is 0 Å². The first-order valence-electron chi connectivity index (χ1n) is 9.30. The summed E-state index contributed by atoms with van der Waals surface area (Å²) in [7, 11) is 0. The lowest BCUT2D eigenvalue weighted by atomic mass is 9.83. The van der Waals surface area contributed by atoms with Crippen LogP contribution in [-0.4, -0.2) is 51.5 Å². The van der Waals surface area contributed by atoms with Crippen LogP contribution in [0.4, 0.5) is 0 Å². The van der Waals surface area contributed by atoms with Gasteiger partial charge in [-0.25, -0.2) is 0 Å². The fraction of sp³-hybridized carbons (Fsp3) is 0.824. The normalized spacial score (nSPS) is 31.0. The number of rotatable bonds is 6. The van der Waals surface area contributed by atoms with Gasteiger partial charge in [-0.3, -0.25) is 14.6 Å². The Balaban J connectivity index is 1.61. The predicted molar refractivity (Wildman–Crippen MR) is 98.1 cm³/mol. The summed E-state index contributed by atoms with van der Waals surface area (Å²) in [6.07, 6.45) is 7.34. The Morgan fingerprint density at radius 1 is 1.20 bits per heavy atom. The highest BCUT2D eigenvalue weighted by atomic mass is 32.2. The van der Waals surface area contributed by atoms with Crippen LogP contribution in [0.1, 0.15) is 51.4 Å². The molecule has 4 N–H and O–H groups in total. The molecule has 0 aromatic heterocycles. The molecule has 2 aliphatic heterocycles. The van der Waals surface area contributed by atoms with Crippen LogP contribution in [0.5, 0.6) is 0 Å². The molecule has 0 aromatic rings. The molecule has 0 radical (unpaired) electrons. The zero-order valence-electron chi connectivity index (χ0n) is 14.5. The number of nitrogens with one attached hydrogen (secondary N) is 1. The molecule has 140 valence electrons. The number of amides is 1. The monoisotopic (exact) mass is 368 g/mol. The zero-order chi connectivity index (χ0) is 17.8. The van der Waals surface area contributed by atoms with Gasteiger partial charge in [-0.05, 0) is 69.9 Å². The zero-order valence-corrected chi connectivity index (χ0v) is 15.3. The number of carboxylic acids is 1. The molecule has 1 saturated carbocycles. The van der Waals surface area contributed by atoms with Gasteiger partial charge in [0, 0.05) is 12.5 Å². The minimum atomic E-state index is -0.709. The number of aliphatic carboxylic acids is 1. The molecule has 3 aliphatic rings. The van der Waals surface area contributed by atoms with Crippen LogP contribution in [0.15, 0.2) is 5.10 Å². The van der Waals surface area contributed by atoms with Gasteiger partial charge in [0.25, 0.3) is 5.91 Å². The Hall–Kier alpha value is -1.28. The average Bonchev–Trinajstić information content (AvgIpc) is 3.07. The van der Waals surface area contributed by atoms with Crippen molar-refractivity contribution < 1.29 is 14.7 Å². The molecule has 2 fully saturated rings. The molecule has 0 bridgehead atoms. The average molecular weight is 369 g/mol. The maximum atomic E-state index is 11.6. The van der Waals surface area contributed by atoms with E-state index in [2.05, 4.69) is 15.4 Å². The smallest absolute Gasteiger partial charge is 0.303 e. The van der Waals surface area contributed by atoms with Crippen LogP contribution in [0.3, 0.4) is 0 Å². The Bertz CT molecular complexity index is 528. The van der Waals surface area contributed by atoms with E-state index < -0.39 is 11.9 Å². The van der Waals surface area contributed by atoms with Crippen molar-refractivity contribution in [2.24, 2.45) is 22.7 Å². The molecule has 25 heavy (non-hydrogen) atoms. The molecule has 1 aliphatic carbocycles. The first-order chi connectivity index (χ1) is 12.0. The first kappa shape index (κ1) is 18.5. The second-order valence-corrected chi connectivity index (χ2v) is 8.46. The largest absolute Gasteiger partial charge is 0.481 e. The molecular weight excluding hydrogens is 340 g/mol. The fourth-order valence-corrected chi connectivity index (χ4v) is 5.50. The van der Waals surface area contributed by atoms with Crippen molar-refractivity contribution in [2.45, 2.75) is 62.8 Å². The molecule has 3 rings (SSSR count). The van der Waals surface area contributed by atoms with Crippen LogP contribution in [0.25, 0.3) is 0 Å². The van der Waals surface area contributed by atoms with Crippen molar-refractivity contribution in [3.8, 4) is 0 Å². The van der Waals surface area contributed by atoms with E-state index in [1.54, 1.807) is 0 Å². The number of hydrogen-bond donors (Lipinski definition) is 3. The quantitative estimate of drug-likeness (QED) is 0.657. The number of thioether (sulfide) groups is 1. The standard InChI is InChI=1S/C17H28N4O3S/c18-15(24)16-20-21(17(25-16)12-7-9-19-10-8-12)13-4-1-11(2-5-13)3-6-14(22)23/h11-13,17,19H,1-10H2,(H2,18,24)(H,22,23). The second-order valence-electron chi connectivity index (χ2n) is 7.35. The number of carbonyl (C=O) groups is 2. The lowest BCUT2D eigenvalue weighted by Gasteiger charge is -2.40. The maximum Gasteiger partial charge on any atom is 0.303 e. The van der Waals surface area contributed by atoms with Crippen LogP contribution in [0, 0.1) is 11.8 Å². The van der Waals surface area contributed by atoms with E-state index in [4.69, 9.17) is 10.8 Å². The predicted octanol–water partition coefficient (Wildman–Crippen LogP) is 1.58. The molecular formula is C17H28N4O3S. The molecule has 8 heteroatoms. The molecule has 1 saturated heterocycles. The summed E-state index contributed by atoms with van der Waals surface area (Å²) < 4.78 is 0. The Morgan fingerprint density at radius 2 is 1.88 bits per heavy atom. The SMILES string of the molecule is NC(=O)C1=NN(C2CCC(CCC(=O)O)CC2)C(C2CCNCC2)S1. The second kappa shape index (κ2) is 8.40. The molecule has 0 spiro atoms. The summed E-state index contributed by atoms with van der Waals surface area (Å²) in [6, 6.07) is 0.338. The van der Waals surface area contributed by atoms with Crippen molar-refractivity contribution in [3.05, 3.63) is 0 Å². The third-order valence-electron chi connectivity index (χ3n) is 5.65. The van der Waals surface area contributed by atoms with E-state index in [-0.39, 0.29) is 11.8 Å².